The molecule has 0 bridgehead atoms. The molecule has 0 aliphatic heterocycles. The second kappa shape index (κ2) is 6.93. The molecule has 0 amide bonds. The largest absolute Gasteiger partial charge is 0.259 e. The Bertz CT molecular complexity index is 1030. The Labute approximate surface area is 145 Å². The highest BCUT2D eigenvalue weighted by Gasteiger charge is 2.37. The fourth-order valence-corrected chi connectivity index (χ4v) is 5.29. The van der Waals surface area contributed by atoms with Crippen LogP contribution < -0.4 is 4.13 Å². The predicted molar refractivity (Wildman–Crippen MR) is 80.3 cm³/mol. The van der Waals surface area contributed by atoms with Crippen molar-refractivity contribution in [3.05, 3.63) is 65.0 Å². The summed E-state index contributed by atoms with van der Waals surface area (Å²) in [5.41, 5.74) is 0.132. The predicted octanol–water partition coefficient (Wildman–Crippen LogP) is 2.75. The zero-order valence-electron chi connectivity index (χ0n) is 12.8. The van der Waals surface area contributed by atoms with Crippen molar-refractivity contribution in [2.24, 2.45) is 0 Å². The molecule has 0 heterocycles. The van der Waals surface area contributed by atoms with Crippen LogP contribution in [0.15, 0.2) is 35.2 Å². The molecule has 0 saturated heterocycles. The summed E-state index contributed by atoms with van der Waals surface area (Å²) >= 11 is 0. The van der Waals surface area contributed by atoms with Gasteiger partial charge in [0.05, 0.1) is 5.25 Å². The highest BCUT2D eigenvalue weighted by Crippen LogP contribution is 2.28. The summed E-state index contributed by atoms with van der Waals surface area (Å²) in [6, 6.07) is 7.16. The number of halogens is 5. The molecule has 2 aromatic rings. The molecule has 26 heavy (non-hydrogen) atoms. The van der Waals surface area contributed by atoms with E-state index in [1.807, 2.05) is 0 Å². The minimum absolute atomic E-state index is 0.132. The fourth-order valence-electron chi connectivity index (χ4n) is 1.99. The van der Waals surface area contributed by atoms with Gasteiger partial charge in [0.15, 0.2) is 28.2 Å². The maximum absolute atomic E-state index is 13.7. The van der Waals surface area contributed by atoms with E-state index >= 15 is 0 Å². The van der Waals surface area contributed by atoms with Crippen LogP contribution in [0.3, 0.4) is 0 Å². The van der Waals surface area contributed by atoms with Crippen LogP contribution in [0.25, 0.3) is 0 Å². The first-order valence-electron chi connectivity index (χ1n) is 6.74. The number of sulfonamides is 2. The Balaban J connectivity index is 2.53. The Morgan fingerprint density at radius 1 is 0.769 bits per heavy atom. The second-order valence-electron chi connectivity index (χ2n) is 5.08. The maximum atomic E-state index is 13.7. The molecule has 2 rings (SSSR count). The van der Waals surface area contributed by atoms with Crippen LogP contribution in [0.2, 0.25) is 0 Å². The normalized spacial score (nSPS) is 13.6. The van der Waals surface area contributed by atoms with Crippen molar-refractivity contribution in [2.45, 2.75) is 17.1 Å². The molecule has 0 saturated carbocycles. The van der Waals surface area contributed by atoms with Gasteiger partial charge in [-0.25, -0.2) is 38.8 Å². The van der Waals surface area contributed by atoms with E-state index in [1.54, 1.807) is 6.07 Å². The van der Waals surface area contributed by atoms with Crippen molar-refractivity contribution >= 4 is 20.0 Å². The first-order chi connectivity index (χ1) is 11.9. The number of rotatable bonds is 5. The summed E-state index contributed by atoms with van der Waals surface area (Å²) in [5.74, 6) is -12.9. The van der Waals surface area contributed by atoms with Gasteiger partial charge in [0.1, 0.15) is 0 Å². The molecule has 0 aliphatic carbocycles. The molecule has 0 fully saturated rings. The topological polar surface area (TPSA) is 80.3 Å². The van der Waals surface area contributed by atoms with Crippen molar-refractivity contribution in [1.29, 1.82) is 0 Å². The van der Waals surface area contributed by atoms with Gasteiger partial charge in [0.2, 0.25) is 15.8 Å². The lowest BCUT2D eigenvalue weighted by Gasteiger charge is -2.15. The standard InChI is InChI=1S/C14H10F5NO4S2/c1-7(8-5-3-2-4-6-8)25(21,22)20-26(23,24)14-12(18)10(16)9(15)11(17)13(14)19/h2-7,20H,1H3/t7-/m0/s1. The number of hydrogen-bond acceptors (Lipinski definition) is 4. The van der Waals surface area contributed by atoms with E-state index in [1.165, 1.54) is 24.3 Å². The minimum Gasteiger partial charge on any atom is -0.211 e. The van der Waals surface area contributed by atoms with Gasteiger partial charge < -0.3 is 0 Å². The van der Waals surface area contributed by atoms with E-state index < -0.39 is 59.3 Å². The summed E-state index contributed by atoms with van der Waals surface area (Å²) in [7, 11) is -10.4. The molecule has 0 aliphatic rings. The molecular formula is C14H10F5NO4S2. The maximum Gasteiger partial charge on any atom is 0.259 e. The third-order valence-corrected chi connectivity index (χ3v) is 7.30. The summed E-state index contributed by atoms with van der Waals surface area (Å²) in [6.45, 7) is 1.08. The summed E-state index contributed by atoms with van der Waals surface area (Å²) < 4.78 is 116. The zero-order valence-corrected chi connectivity index (χ0v) is 14.4. The van der Waals surface area contributed by atoms with E-state index in [2.05, 4.69) is 0 Å². The van der Waals surface area contributed by atoms with Gasteiger partial charge in [-0.3, -0.25) is 0 Å². The first kappa shape index (κ1) is 20.3. The molecule has 142 valence electrons. The smallest absolute Gasteiger partial charge is 0.211 e. The fraction of sp³-hybridized carbons (Fsp3) is 0.143. The van der Waals surface area contributed by atoms with Gasteiger partial charge >= 0.3 is 0 Å². The van der Waals surface area contributed by atoms with E-state index in [9.17, 15) is 38.8 Å². The van der Waals surface area contributed by atoms with Gasteiger partial charge in [-0.15, -0.1) is 4.13 Å². The van der Waals surface area contributed by atoms with E-state index in [0.717, 1.165) is 11.1 Å². The Morgan fingerprint density at radius 3 is 1.65 bits per heavy atom. The van der Waals surface area contributed by atoms with Gasteiger partial charge in [-0.1, -0.05) is 30.3 Å². The van der Waals surface area contributed by atoms with Crippen molar-refractivity contribution < 1.29 is 38.8 Å². The molecule has 12 heteroatoms. The second-order valence-corrected chi connectivity index (χ2v) is 8.96. The van der Waals surface area contributed by atoms with Crippen molar-refractivity contribution in [2.75, 3.05) is 0 Å². The van der Waals surface area contributed by atoms with Crippen LogP contribution in [-0.4, -0.2) is 16.8 Å². The van der Waals surface area contributed by atoms with Crippen LogP contribution in [0, 0.1) is 29.1 Å². The van der Waals surface area contributed by atoms with Crippen molar-refractivity contribution in [3.63, 3.8) is 0 Å². The average molecular weight is 415 g/mol. The highest BCUT2D eigenvalue weighted by atomic mass is 32.3. The molecule has 5 nitrogen and oxygen atoms in total. The summed E-state index contributed by atoms with van der Waals surface area (Å²) in [6.07, 6.45) is 0. The quantitative estimate of drug-likeness (QED) is 0.463. The first-order valence-corrected chi connectivity index (χ1v) is 9.77. The van der Waals surface area contributed by atoms with Gasteiger partial charge in [-0.05, 0) is 12.5 Å². The van der Waals surface area contributed by atoms with E-state index in [0.29, 0.717) is 0 Å². The van der Waals surface area contributed by atoms with Crippen molar-refractivity contribution in [1.82, 2.24) is 4.13 Å². The van der Waals surface area contributed by atoms with Crippen LogP contribution in [0.4, 0.5) is 22.0 Å². The van der Waals surface area contributed by atoms with Gasteiger partial charge in [0.25, 0.3) is 10.0 Å². The molecule has 0 unspecified atom stereocenters. The van der Waals surface area contributed by atoms with E-state index in [-0.39, 0.29) is 5.56 Å². The lowest BCUT2D eigenvalue weighted by atomic mass is 10.2. The molecule has 2 aromatic carbocycles. The third kappa shape index (κ3) is 3.57. The Hall–Kier alpha value is -2.05. The lowest BCUT2D eigenvalue weighted by molar-refractivity contribution is 0.357. The SMILES string of the molecule is C[C@@H](c1ccccc1)S(=O)(=O)NS(=O)(=O)c1c(F)c(F)c(F)c(F)c1F. The zero-order chi connectivity index (χ0) is 19.9. The number of hydrogen-bond donors (Lipinski definition) is 1. The Morgan fingerprint density at radius 2 is 1.19 bits per heavy atom. The molecule has 1 N–H and O–H groups in total. The highest BCUT2D eigenvalue weighted by molar-refractivity contribution is 8.04. The minimum atomic E-state index is -5.63. The van der Waals surface area contributed by atoms with Gasteiger partial charge in [-0.2, -0.15) is 0 Å². The van der Waals surface area contributed by atoms with E-state index in [4.69, 9.17) is 0 Å². The van der Waals surface area contributed by atoms with Crippen LogP contribution in [0.5, 0.6) is 0 Å². The van der Waals surface area contributed by atoms with Crippen LogP contribution >= 0.6 is 0 Å². The molecule has 0 spiro atoms. The average Bonchev–Trinajstić information content (AvgIpc) is 2.57. The third-order valence-electron chi connectivity index (χ3n) is 3.40. The molecule has 0 aromatic heterocycles. The summed E-state index contributed by atoms with van der Waals surface area (Å²) in [5, 5.41) is -1.50. The molecular weight excluding hydrogens is 405 g/mol. The van der Waals surface area contributed by atoms with Crippen LogP contribution in [0.1, 0.15) is 17.7 Å². The molecule has 0 radical (unpaired) electrons. The lowest BCUT2D eigenvalue weighted by Crippen LogP contribution is -2.35. The van der Waals surface area contributed by atoms with Crippen molar-refractivity contribution in [3.8, 4) is 0 Å². The Kier molecular flexibility index (Phi) is 5.40. The monoisotopic (exact) mass is 415 g/mol. The number of nitrogens with one attached hydrogen (secondary N) is 1. The summed E-state index contributed by atoms with van der Waals surface area (Å²) in [4.78, 5) is -2.28. The van der Waals surface area contributed by atoms with Crippen LogP contribution in [-0.2, 0) is 20.0 Å². The van der Waals surface area contributed by atoms with Gasteiger partial charge in [0, 0.05) is 0 Å². The number of benzene rings is 2. The molecule has 1 atom stereocenters.